The molecule has 0 fully saturated rings. The van der Waals surface area contributed by atoms with Gasteiger partial charge in [-0.1, -0.05) is 23.9 Å². The first-order valence-electron chi connectivity index (χ1n) is 8.75. The molecule has 0 amide bonds. The van der Waals surface area contributed by atoms with E-state index in [0.29, 0.717) is 24.3 Å². The summed E-state index contributed by atoms with van der Waals surface area (Å²) < 4.78 is 22.2. The summed E-state index contributed by atoms with van der Waals surface area (Å²) in [4.78, 5) is 0. The lowest BCUT2D eigenvalue weighted by Crippen LogP contribution is -1.98. The second-order valence-electron chi connectivity index (χ2n) is 5.53. The zero-order chi connectivity index (χ0) is 18.9. The summed E-state index contributed by atoms with van der Waals surface area (Å²) in [6.45, 7) is 3.15. The minimum absolute atomic E-state index is 0.469. The smallest absolute Gasteiger partial charge is 0.276 e. The van der Waals surface area contributed by atoms with Gasteiger partial charge in [-0.25, -0.2) is 0 Å². The predicted molar refractivity (Wildman–Crippen MR) is 105 cm³/mol. The van der Waals surface area contributed by atoms with Crippen LogP contribution in [0.1, 0.15) is 13.3 Å². The van der Waals surface area contributed by atoms with Crippen molar-refractivity contribution in [1.82, 2.24) is 10.2 Å². The van der Waals surface area contributed by atoms with Crippen LogP contribution in [0.4, 0.5) is 0 Å². The fourth-order valence-corrected chi connectivity index (χ4v) is 3.06. The molecule has 1 aromatic heterocycles. The van der Waals surface area contributed by atoms with Crippen LogP contribution in [0.25, 0.3) is 11.5 Å². The monoisotopic (exact) mass is 386 g/mol. The molecule has 142 valence electrons. The molecular weight excluding hydrogens is 364 g/mol. The van der Waals surface area contributed by atoms with Gasteiger partial charge < -0.3 is 18.6 Å². The van der Waals surface area contributed by atoms with E-state index < -0.39 is 0 Å². The van der Waals surface area contributed by atoms with Gasteiger partial charge in [-0.15, -0.1) is 10.2 Å². The largest absolute Gasteiger partial charge is 0.497 e. The first-order valence-corrected chi connectivity index (χ1v) is 9.74. The Bertz CT molecular complexity index is 836. The van der Waals surface area contributed by atoms with Crippen LogP contribution in [-0.2, 0) is 0 Å². The van der Waals surface area contributed by atoms with Crippen LogP contribution in [0.3, 0.4) is 0 Å². The van der Waals surface area contributed by atoms with Crippen LogP contribution in [-0.4, -0.2) is 36.3 Å². The third kappa shape index (κ3) is 5.40. The number of hydrogen-bond donors (Lipinski definition) is 0. The third-order valence-electron chi connectivity index (χ3n) is 3.67. The SMILES string of the molecule is CCOc1ccccc1-c1nnc(SCCCOc2ccc(OC)cc2)o1. The van der Waals surface area contributed by atoms with E-state index in [0.717, 1.165) is 35.0 Å². The molecule has 27 heavy (non-hydrogen) atoms. The maximum Gasteiger partial charge on any atom is 0.276 e. The van der Waals surface area contributed by atoms with E-state index in [1.165, 1.54) is 11.8 Å². The Morgan fingerprint density at radius 3 is 2.52 bits per heavy atom. The van der Waals surface area contributed by atoms with Gasteiger partial charge in [0.25, 0.3) is 11.1 Å². The van der Waals surface area contributed by atoms with Crippen molar-refractivity contribution in [2.24, 2.45) is 0 Å². The van der Waals surface area contributed by atoms with Crippen molar-refractivity contribution in [2.45, 2.75) is 18.6 Å². The minimum Gasteiger partial charge on any atom is -0.497 e. The summed E-state index contributed by atoms with van der Waals surface area (Å²) in [7, 11) is 1.64. The molecule has 7 heteroatoms. The highest BCUT2D eigenvalue weighted by Crippen LogP contribution is 2.30. The second kappa shape index (κ2) is 9.87. The number of rotatable bonds is 10. The van der Waals surface area contributed by atoms with E-state index in [1.54, 1.807) is 7.11 Å². The topological polar surface area (TPSA) is 66.6 Å². The number of benzene rings is 2. The van der Waals surface area contributed by atoms with Crippen LogP contribution >= 0.6 is 11.8 Å². The molecule has 0 bridgehead atoms. The van der Waals surface area contributed by atoms with Crippen LogP contribution in [0, 0.1) is 0 Å². The van der Waals surface area contributed by atoms with Crippen molar-refractivity contribution >= 4 is 11.8 Å². The Kier molecular flexibility index (Phi) is 6.98. The highest BCUT2D eigenvalue weighted by atomic mass is 32.2. The summed E-state index contributed by atoms with van der Waals surface area (Å²) >= 11 is 1.52. The molecular formula is C20H22N2O4S. The summed E-state index contributed by atoms with van der Waals surface area (Å²) in [5, 5.41) is 8.78. The van der Waals surface area contributed by atoms with E-state index in [-0.39, 0.29) is 0 Å². The van der Waals surface area contributed by atoms with Gasteiger partial charge in [0.1, 0.15) is 17.2 Å². The maximum atomic E-state index is 5.75. The van der Waals surface area contributed by atoms with Gasteiger partial charge in [-0.2, -0.15) is 0 Å². The molecule has 0 aliphatic rings. The number of methoxy groups -OCH3 is 1. The molecule has 3 rings (SSSR count). The highest BCUT2D eigenvalue weighted by molar-refractivity contribution is 7.99. The lowest BCUT2D eigenvalue weighted by Gasteiger charge is -2.06. The normalized spacial score (nSPS) is 10.6. The van der Waals surface area contributed by atoms with Crippen molar-refractivity contribution in [3.63, 3.8) is 0 Å². The van der Waals surface area contributed by atoms with Crippen molar-refractivity contribution in [1.29, 1.82) is 0 Å². The quantitative estimate of drug-likeness (QED) is 0.369. The standard InChI is InChI=1S/C20H22N2O4S/c1-3-24-18-8-5-4-7-17(18)19-21-22-20(26-19)27-14-6-13-25-16-11-9-15(23-2)10-12-16/h4-5,7-12H,3,6,13-14H2,1-2H3. The minimum atomic E-state index is 0.469. The van der Waals surface area contributed by atoms with Crippen molar-refractivity contribution < 1.29 is 18.6 Å². The molecule has 0 aliphatic heterocycles. The Morgan fingerprint density at radius 2 is 1.74 bits per heavy atom. The van der Waals surface area contributed by atoms with E-state index in [4.69, 9.17) is 18.6 Å². The Balaban J connectivity index is 1.46. The summed E-state index contributed by atoms with van der Waals surface area (Å²) in [5.41, 5.74) is 0.807. The van der Waals surface area contributed by atoms with E-state index in [2.05, 4.69) is 10.2 Å². The van der Waals surface area contributed by atoms with Gasteiger partial charge in [-0.3, -0.25) is 0 Å². The Labute approximate surface area is 162 Å². The van der Waals surface area contributed by atoms with E-state index >= 15 is 0 Å². The molecule has 3 aromatic rings. The maximum absolute atomic E-state index is 5.75. The first kappa shape index (κ1) is 19.1. The zero-order valence-electron chi connectivity index (χ0n) is 15.4. The van der Waals surface area contributed by atoms with Gasteiger partial charge in [0.15, 0.2) is 0 Å². The van der Waals surface area contributed by atoms with Crippen LogP contribution < -0.4 is 14.2 Å². The van der Waals surface area contributed by atoms with Gasteiger partial charge in [0.05, 0.1) is 25.9 Å². The van der Waals surface area contributed by atoms with Gasteiger partial charge in [-0.05, 0) is 49.7 Å². The van der Waals surface area contributed by atoms with Crippen LogP contribution in [0.5, 0.6) is 17.2 Å². The van der Waals surface area contributed by atoms with E-state index in [1.807, 2.05) is 55.5 Å². The molecule has 0 aliphatic carbocycles. The molecule has 0 unspecified atom stereocenters. The van der Waals surface area contributed by atoms with E-state index in [9.17, 15) is 0 Å². The number of aromatic nitrogens is 2. The predicted octanol–water partition coefficient (Wildman–Crippen LogP) is 4.71. The first-order chi connectivity index (χ1) is 13.3. The lowest BCUT2D eigenvalue weighted by atomic mass is 10.2. The van der Waals surface area contributed by atoms with Crippen LogP contribution in [0.15, 0.2) is 58.2 Å². The van der Waals surface area contributed by atoms with Crippen molar-refractivity contribution in [2.75, 3.05) is 26.1 Å². The lowest BCUT2D eigenvalue weighted by molar-refractivity contribution is 0.317. The molecule has 0 saturated carbocycles. The summed E-state index contributed by atoms with van der Waals surface area (Å²) in [6, 6.07) is 15.2. The summed E-state index contributed by atoms with van der Waals surface area (Å²) in [6.07, 6.45) is 0.865. The van der Waals surface area contributed by atoms with Crippen molar-refractivity contribution in [3.05, 3.63) is 48.5 Å². The Morgan fingerprint density at radius 1 is 0.963 bits per heavy atom. The van der Waals surface area contributed by atoms with Gasteiger partial charge >= 0.3 is 0 Å². The van der Waals surface area contributed by atoms with Gasteiger partial charge in [0.2, 0.25) is 0 Å². The molecule has 6 nitrogen and oxygen atoms in total. The molecule has 0 radical (unpaired) electrons. The zero-order valence-corrected chi connectivity index (χ0v) is 16.2. The Hall–Kier alpha value is -2.67. The molecule has 0 N–H and O–H groups in total. The molecule has 0 spiro atoms. The number of ether oxygens (including phenoxy) is 3. The number of hydrogen-bond acceptors (Lipinski definition) is 7. The average Bonchev–Trinajstić information content (AvgIpc) is 3.18. The highest BCUT2D eigenvalue weighted by Gasteiger charge is 2.13. The molecule has 0 atom stereocenters. The molecule has 2 aromatic carbocycles. The van der Waals surface area contributed by atoms with Crippen molar-refractivity contribution in [3.8, 4) is 28.7 Å². The summed E-state index contributed by atoms with van der Waals surface area (Å²) in [5.74, 6) is 3.68. The van der Waals surface area contributed by atoms with Crippen LogP contribution in [0.2, 0.25) is 0 Å². The number of nitrogens with zero attached hydrogens (tertiary/aromatic N) is 2. The number of para-hydroxylation sites is 1. The third-order valence-corrected chi connectivity index (χ3v) is 4.57. The number of thioether (sulfide) groups is 1. The fourth-order valence-electron chi connectivity index (χ4n) is 2.38. The molecule has 0 saturated heterocycles. The second-order valence-corrected chi connectivity index (χ2v) is 6.57. The van der Waals surface area contributed by atoms with Gasteiger partial charge in [0, 0.05) is 5.75 Å². The average molecular weight is 386 g/mol. The fraction of sp³-hybridized carbons (Fsp3) is 0.300. The molecule has 1 heterocycles.